The van der Waals surface area contributed by atoms with Gasteiger partial charge in [-0.3, -0.25) is 24.5 Å². The third kappa shape index (κ3) is 7.91. The van der Waals surface area contributed by atoms with Gasteiger partial charge < -0.3 is 20.1 Å². The van der Waals surface area contributed by atoms with Crippen LogP contribution in [0.3, 0.4) is 0 Å². The lowest BCUT2D eigenvalue weighted by Crippen LogP contribution is -2.30. The van der Waals surface area contributed by atoms with Crippen molar-refractivity contribution in [2.24, 2.45) is 0 Å². The summed E-state index contributed by atoms with van der Waals surface area (Å²) in [6, 6.07) is 21.6. The Bertz CT molecular complexity index is 1750. The minimum atomic E-state index is -4.30. The second-order valence-electron chi connectivity index (χ2n) is 9.91. The van der Waals surface area contributed by atoms with Crippen LogP contribution in [0.1, 0.15) is 51.0 Å². The number of halogens is 3. The highest BCUT2D eigenvalue weighted by Crippen LogP contribution is 2.33. The van der Waals surface area contributed by atoms with Gasteiger partial charge >= 0.3 is 6.18 Å². The minimum Gasteiger partial charge on any atom is -0.493 e. The number of anilines is 1. The van der Waals surface area contributed by atoms with Crippen LogP contribution in [0, 0.1) is 0 Å². The zero-order chi connectivity index (χ0) is 31.8. The van der Waals surface area contributed by atoms with Crippen molar-refractivity contribution < 1.29 is 32.2 Å². The molecule has 2 amide bonds. The summed E-state index contributed by atoms with van der Waals surface area (Å²) in [4.78, 5) is 39.7. The standard InChI is InChI=1S/C33H28F3N5O4/c1-44-28-11-6-8-24(30(28)45-17-7-14-33(34,35)36)32(43)40-23-13-12-21-18-22(20-39-27(21)19-23)31(42)41-29(25-9-2-4-15-37-25)26-10-3-5-16-38-26/h2-6,8-13,15-16,18-20,29H,7,14,17H2,1H3,(H,40,43)(H,41,42). The molecule has 3 heterocycles. The molecular weight excluding hydrogens is 587 g/mol. The SMILES string of the molecule is COc1cccc(C(=O)Nc2ccc3cc(C(=O)NC(c4ccccn4)c4ccccn4)cnc3c2)c1OCCCC(F)(F)F. The Morgan fingerprint density at radius 2 is 1.60 bits per heavy atom. The van der Waals surface area contributed by atoms with Crippen LogP contribution in [0.15, 0.2) is 97.5 Å². The van der Waals surface area contributed by atoms with Crippen molar-refractivity contribution in [3.8, 4) is 11.5 Å². The normalized spacial score (nSPS) is 11.3. The topological polar surface area (TPSA) is 115 Å². The Morgan fingerprint density at radius 3 is 2.24 bits per heavy atom. The summed E-state index contributed by atoms with van der Waals surface area (Å²) in [5.41, 5.74) is 2.60. The van der Waals surface area contributed by atoms with Gasteiger partial charge in [0.05, 0.1) is 41.7 Å². The molecule has 0 bridgehead atoms. The van der Waals surface area contributed by atoms with Crippen molar-refractivity contribution >= 4 is 28.4 Å². The van der Waals surface area contributed by atoms with Gasteiger partial charge in [-0.1, -0.05) is 24.3 Å². The second-order valence-corrected chi connectivity index (χ2v) is 9.91. The van der Waals surface area contributed by atoms with Gasteiger partial charge in [-0.05, 0) is 61.0 Å². The van der Waals surface area contributed by atoms with Gasteiger partial charge in [0.15, 0.2) is 11.5 Å². The number of hydrogen-bond donors (Lipinski definition) is 2. The molecule has 0 saturated heterocycles. The Morgan fingerprint density at radius 1 is 0.867 bits per heavy atom. The summed E-state index contributed by atoms with van der Waals surface area (Å²) in [6.07, 6.45) is -0.858. The zero-order valence-corrected chi connectivity index (χ0v) is 24.0. The number of methoxy groups -OCH3 is 1. The fraction of sp³-hybridized carbons (Fsp3) is 0.182. The van der Waals surface area contributed by atoms with Gasteiger partial charge in [0.25, 0.3) is 11.8 Å². The van der Waals surface area contributed by atoms with Crippen molar-refractivity contribution in [2.45, 2.75) is 25.1 Å². The first-order chi connectivity index (χ1) is 21.7. The van der Waals surface area contributed by atoms with E-state index < -0.39 is 24.5 Å². The minimum absolute atomic E-state index is 0.0453. The summed E-state index contributed by atoms with van der Waals surface area (Å²) in [6.45, 7) is -0.250. The molecule has 0 saturated carbocycles. The third-order valence-corrected chi connectivity index (χ3v) is 6.74. The van der Waals surface area contributed by atoms with Crippen LogP contribution in [0.2, 0.25) is 0 Å². The van der Waals surface area contributed by atoms with Crippen LogP contribution in [0.5, 0.6) is 11.5 Å². The lowest BCUT2D eigenvalue weighted by molar-refractivity contribution is -0.136. The molecular formula is C33H28F3N5O4. The summed E-state index contributed by atoms with van der Waals surface area (Å²) in [5, 5.41) is 6.41. The number of alkyl halides is 3. The number of carbonyl (C=O) groups is 2. The van der Waals surface area contributed by atoms with Gasteiger partial charge in [0.2, 0.25) is 0 Å². The molecule has 0 spiro atoms. The van der Waals surface area contributed by atoms with E-state index in [1.54, 1.807) is 60.9 Å². The highest BCUT2D eigenvalue weighted by Gasteiger charge is 2.27. The molecule has 9 nitrogen and oxygen atoms in total. The van der Waals surface area contributed by atoms with E-state index in [1.165, 1.54) is 19.4 Å². The van der Waals surface area contributed by atoms with Crippen molar-refractivity contribution in [3.05, 3.63) is 120 Å². The van der Waals surface area contributed by atoms with Crippen LogP contribution in [-0.4, -0.2) is 46.7 Å². The molecule has 0 radical (unpaired) electrons. The number of nitrogens with one attached hydrogen (secondary N) is 2. The summed E-state index contributed by atoms with van der Waals surface area (Å²) in [7, 11) is 1.38. The Kier molecular flexibility index (Phi) is 9.51. The molecule has 0 aliphatic carbocycles. The molecule has 5 aromatic rings. The molecule has 2 N–H and O–H groups in total. The number of para-hydroxylation sites is 1. The van der Waals surface area contributed by atoms with Gasteiger partial charge in [0.1, 0.15) is 6.04 Å². The van der Waals surface area contributed by atoms with Crippen molar-refractivity contribution in [1.29, 1.82) is 0 Å². The van der Waals surface area contributed by atoms with Crippen LogP contribution < -0.4 is 20.1 Å². The first kappa shape index (κ1) is 30.9. The molecule has 2 aromatic carbocycles. The fourth-order valence-electron chi connectivity index (χ4n) is 4.58. The van der Waals surface area contributed by atoms with E-state index in [4.69, 9.17) is 9.47 Å². The van der Waals surface area contributed by atoms with Gasteiger partial charge in [0, 0.05) is 36.1 Å². The number of carbonyl (C=O) groups excluding carboxylic acids is 2. The summed E-state index contributed by atoms with van der Waals surface area (Å²) in [5.74, 6) is -0.660. The van der Waals surface area contributed by atoms with Gasteiger partial charge in [-0.2, -0.15) is 13.2 Å². The van der Waals surface area contributed by atoms with E-state index in [1.807, 2.05) is 24.3 Å². The number of aromatic nitrogens is 3. The molecule has 0 fully saturated rings. The number of benzene rings is 2. The lowest BCUT2D eigenvalue weighted by atomic mass is 10.1. The highest BCUT2D eigenvalue weighted by atomic mass is 19.4. The van der Waals surface area contributed by atoms with E-state index in [2.05, 4.69) is 25.6 Å². The lowest BCUT2D eigenvalue weighted by Gasteiger charge is -2.18. The Balaban J connectivity index is 1.31. The maximum Gasteiger partial charge on any atom is 0.389 e. The third-order valence-electron chi connectivity index (χ3n) is 6.74. The number of rotatable bonds is 11. The number of ether oxygens (including phenoxy) is 2. The van der Waals surface area contributed by atoms with E-state index in [0.717, 1.165) is 0 Å². The van der Waals surface area contributed by atoms with Crippen LogP contribution in [0.4, 0.5) is 18.9 Å². The highest BCUT2D eigenvalue weighted by molar-refractivity contribution is 6.07. The molecule has 0 aliphatic heterocycles. The average Bonchev–Trinajstić information content (AvgIpc) is 3.05. The quantitative estimate of drug-likeness (QED) is 0.163. The van der Waals surface area contributed by atoms with Crippen LogP contribution >= 0.6 is 0 Å². The summed E-state index contributed by atoms with van der Waals surface area (Å²) >= 11 is 0. The predicted octanol–water partition coefficient (Wildman–Crippen LogP) is 6.53. The number of nitrogens with zero attached hydrogens (tertiary/aromatic N) is 3. The number of pyridine rings is 3. The van der Waals surface area contributed by atoms with Gasteiger partial charge in [-0.25, -0.2) is 0 Å². The molecule has 0 aliphatic rings. The Labute approximate surface area is 256 Å². The number of hydrogen-bond acceptors (Lipinski definition) is 7. The largest absolute Gasteiger partial charge is 0.493 e. The zero-order valence-electron chi connectivity index (χ0n) is 24.0. The van der Waals surface area contributed by atoms with Crippen LogP contribution in [0.25, 0.3) is 10.9 Å². The number of fused-ring (bicyclic) bond motifs is 1. The first-order valence-corrected chi connectivity index (χ1v) is 13.9. The van der Waals surface area contributed by atoms with Crippen LogP contribution in [-0.2, 0) is 0 Å². The molecule has 0 unspecified atom stereocenters. The fourth-order valence-corrected chi connectivity index (χ4v) is 4.58. The Hall–Kier alpha value is -5.52. The average molecular weight is 616 g/mol. The second kappa shape index (κ2) is 13.8. The summed E-state index contributed by atoms with van der Waals surface area (Å²) < 4.78 is 48.5. The maximum atomic E-state index is 13.3. The monoisotopic (exact) mass is 615 g/mol. The van der Waals surface area contributed by atoms with Crippen molar-refractivity contribution in [3.63, 3.8) is 0 Å². The molecule has 230 valence electrons. The van der Waals surface area contributed by atoms with Crippen molar-refractivity contribution in [1.82, 2.24) is 20.3 Å². The van der Waals surface area contributed by atoms with Crippen molar-refractivity contribution in [2.75, 3.05) is 19.0 Å². The number of amides is 2. The molecule has 0 atom stereocenters. The molecule has 45 heavy (non-hydrogen) atoms. The van der Waals surface area contributed by atoms with E-state index in [9.17, 15) is 22.8 Å². The van der Waals surface area contributed by atoms with E-state index in [0.29, 0.717) is 33.5 Å². The smallest absolute Gasteiger partial charge is 0.389 e. The molecule has 12 heteroatoms. The van der Waals surface area contributed by atoms with E-state index >= 15 is 0 Å². The maximum absolute atomic E-state index is 13.3. The van der Waals surface area contributed by atoms with Gasteiger partial charge in [-0.15, -0.1) is 0 Å². The predicted molar refractivity (Wildman–Crippen MR) is 161 cm³/mol. The molecule has 5 rings (SSSR count). The van der Waals surface area contributed by atoms with E-state index in [-0.39, 0.29) is 36.0 Å². The molecule has 3 aromatic heterocycles. The first-order valence-electron chi connectivity index (χ1n) is 13.9.